The van der Waals surface area contributed by atoms with Crippen LogP contribution >= 0.6 is 11.3 Å². The second kappa shape index (κ2) is 6.29. The number of aromatic nitrogens is 1. The van der Waals surface area contributed by atoms with Gasteiger partial charge >= 0.3 is 0 Å². The predicted octanol–water partition coefficient (Wildman–Crippen LogP) is 2.91. The van der Waals surface area contributed by atoms with Crippen molar-refractivity contribution < 1.29 is 0 Å². The molecule has 0 spiro atoms. The molecule has 0 aliphatic carbocycles. The highest BCUT2D eigenvalue weighted by Gasteiger charge is 2.05. The van der Waals surface area contributed by atoms with E-state index in [1.165, 1.54) is 0 Å². The molecule has 0 aliphatic rings. The summed E-state index contributed by atoms with van der Waals surface area (Å²) in [5.41, 5.74) is 1.86. The third-order valence-corrected chi connectivity index (χ3v) is 3.63. The Kier molecular flexibility index (Phi) is 4.46. The van der Waals surface area contributed by atoms with Gasteiger partial charge in [-0.15, -0.1) is 11.3 Å². The number of nitriles is 1. The highest BCUT2D eigenvalue weighted by atomic mass is 32.1. The lowest BCUT2D eigenvalue weighted by Gasteiger charge is -2.13. The van der Waals surface area contributed by atoms with Crippen LogP contribution in [0.2, 0.25) is 0 Å². The minimum atomic E-state index is 0.248. The van der Waals surface area contributed by atoms with E-state index < -0.39 is 0 Å². The second-order valence-corrected chi connectivity index (χ2v) is 5.07. The van der Waals surface area contributed by atoms with Crippen molar-refractivity contribution in [3.05, 3.63) is 52.0 Å². The Hall–Kier alpha value is -1.70. The molecule has 0 fully saturated rings. The van der Waals surface area contributed by atoms with Crippen LogP contribution in [0.4, 0.5) is 0 Å². The summed E-state index contributed by atoms with van der Waals surface area (Å²) in [6.45, 7) is 3.00. The minimum Gasteiger partial charge on any atom is -0.310 e. The van der Waals surface area contributed by atoms with Crippen molar-refractivity contribution in [3.63, 3.8) is 0 Å². The van der Waals surface area contributed by atoms with E-state index in [1.807, 2.05) is 35.8 Å². The van der Waals surface area contributed by atoms with Crippen molar-refractivity contribution in [2.24, 2.45) is 0 Å². The van der Waals surface area contributed by atoms with Crippen molar-refractivity contribution in [2.45, 2.75) is 19.4 Å². The van der Waals surface area contributed by atoms with Gasteiger partial charge in [-0.25, -0.2) is 4.98 Å². The molecule has 1 aromatic heterocycles. The summed E-state index contributed by atoms with van der Waals surface area (Å²) in [6, 6.07) is 10.1. The van der Waals surface area contributed by atoms with Gasteiger partial charge in [0.1, 0.15) is 0 Å². The molecule has 0 saturated heterocycles. The first-order valence-electron chi connectivity index (χ1n) is 5.91. The first-order chi connectivity index (χ1) is 8.79. The largest absolute Gasteiger partial charge is 0.310 e. The highest BCUT2D eigenvalue weighted by Crippen LogP contribution is 2.14. The molecule has 4 heteroatoms. The molecule has 18 heavy (non-hydrogen) atoms. The smallest absolute Gasteiger partial charge is 0.0991 e. The van der Waals surface area contributed by atoms with Gasteiger partial charge in [-0.2, -0.15) is 5.26 Å². The zero-order chi connectivity index (χ0) is 12.8. The lowest BCUT2D eigenvalue weighted by molar-refractivity contribution is 0.576. The van der Waals surface area contributed by atoms with Crippen LogP contribution in [0.15, 0.2) is 35.8 Å². The Morgan fingerprint density at radius 3 is 3.11 bits per heavy atom. The number of thiazole rings is 1. The summed E-state index contributed by atoms with van der Waals surface area (Å²) in [5.74, 6) is 0. The van der Waals surface area contributed by atoms with Crippen molar-refractivity contribution in [3.8, 4) is 6.07 Å². The van der Waals surface area contributed by atoms with Gasteiger partial charge in [-0.05, 0) is 24.6 Å². The fourth-order valence-corrected chi connectivity index (χ4v) is 2.39. The van der Waals surface area contributed by atoms with Crippen LogP contribution in [0.1, 0.15) is 29.1 Å². The molecule has 2 aromatic rings. The fraction of sp³-hybridized carbons (Fsp3) is 0.286. The van der Waals surface area contributed by atoms with Crippen LogP contribution in [0.25, 0.3) is 0 Å². The van der Waals surface area contributed by atoms with Gasteiger partial charge in [-0.3, -0.25) is 0 Å². The Morgan fingerprint density at radius 1 is 1.50 bits per heavy atom. The molecule has 0 bridgehead atoms. The summed E-state index contributed by atoms with van der Waals surface area (Å²) < 4.78 is 0. The number of rotatable bonds is 5. The number of hydrogen-bond acceptors (Lipinski definition) is 4. The van der Waals surface area contributed by atoms with E-state index in [9.17, 15) is 0 Å². The van der Waals surface area contributed by atoms with E-state index in [1.54, 1.807) is 11.3 Å². The van der Waals surface area contributed by atoms with Gasteiger partial charge in [0.25, 0.3) is 0 Å². The van der Waals surface area contributed by atoms with E-state index in [-0.39, 0.29) is 6.04 Å². The summed E-state index contributed by atoms with van der Waals surface area (Å²) in [5, 5.41) is 15.5. The molecule has 0 radical (unpaired) electrons. The molecule has 1 unspecified atom stereocenters. The van der Waals surface area contributed by atoms with Crippen LogP contribution in [0.3, 0.4) is 0 Å². The maximum atomic E-state index is 8.87. The number of benzene rings is 1. The molecule has 0 saturated carbocycles. The predicted molar refractivity (Wildman–Crippen MR) is 73.4 cm³/mol. The zero-order valence-corrected chi connectivity index (χ0v) is 11.1. The average molecular weight is 257 g/mol. The van der Waals surface area contributed by atoms with Gasteiger partial charge in [-0.1, -0.05) is 12.1 Å². The first-order valence-corrected chi connectivity index (χ1v) is 6.79. The molecule has 2 rings (SSSR count). The fourth-order valence-electron chi connectivity index (χ4n) is 1.77. The molecule has 1 aromatic carbocycles. The SMILES string of the molecule is CC(NCCc1nccs1)c1cccc(C#N)c1. The number of nitrogens with one attached hydrogen (secondary N) is 1. The highest BCUT2D eigenvalue weighted by molar-refractivity contribution is 7.09. The Labute approximate surface area is 111 Å². The van der Waals surface area contributed by atoms with E-state index in [2.05, 4.69) is 23.3 Å². The topological polar surface area (TPSA) is 48.7 Å². The zero-order valence-electron chi connectivity index (χ0n) is 10.3. The van der Waals surface area contributed by atoms with Gasteiger partial charge in [0, 0.05) is 30.6 Å². The van der Waals surface area contributed by atoms with Gasteiger partial charge < -0.3 is 5.32 Å². The summed E-state index contributed by atoms with van der Waals surface area (Å²) in [7, 11) is 0. The standard InChI is InChI=1S/C14H15N3S/c1-11(13-4-2-3-12(9-13)10-15)16-6-5-14-17-7-8-18-14/h2-4,7-9,11,16H,5-6H2,1H3. The van der Waals surface area contributed by atoms with E-state index in [4.69, 9.17) is 5.26 Å². The molecule has 1 atom stereocenters. The Balaban J connectivity index is 1.87. The third kappa shape index (κ3) is 3.39. The van der Waals surface area contributed by atoms with E-state index in [0.29, 0.717) is 5.56 Å². The van der Waals surface area contributed by atoms with Crippen molar-refractivity contribution in [2.75, 3.05) is 6.54 Å². The number of nitrogens with zero attached hydrogens (tertiary/aromatic N) is 2. The molecule has 3 nitrogen and oxygen atoms in total. The van der Waals surface area contributed by atoms with Crippen molar-refractivity contribution in [1.82, 2.24) is 10.3 Å². The average Bonchev–Trinajstić information content (AvgIpc) is 2.92. The second-order valence-electron chi connectivity index (χ2n) is 4.09. The van der Waals surface area contributed by atoms with Crippen LogP contribution < -0.4 is 5.32 Å². The van der Waals surface area contributed by atoms with Gasteiger partial charge in [0.2, 0.25) is 0 Å². The molecular weight excluding hydrogens is 242 g/mol. The molecule has 0 amide bonds. The maximum Gasteiger partial charge on any atom is 0.0991 e. The van der Waals surface area contributed by atoms with Crippen molar-refractivity contribution >= 4 is 11.3 Å². The lowest BCUT2D eigenvalue weighted by atomic mass is 10.1. The van der Waals surface area contributed by atoms with Gasteiger partial charge in [0.15, 0.2) is 0 Å². The molecule has 1 heterocycles. The quantitative estimate of drug-likeness (QED) is 0.896. The Morgan fingerprint density at radius 2 is 2.39 bits per heavy atom. The Bertz CT molecular complexity index is 528. The van der Waals surface area contributed by atoms with E-state index >= 15 is 0 Å². The summed E-state index contributed by atoms with van der Waals surface area (Å²) in [6.07, 6.45) is 2.78. The maximum absolute atomic E-state index is 8.87. The first kappa shape index (κ1) is 12.7. The lowest BCUT2D eigenvalue weighted by Crippen LogP contribution is -2.21. The molecular formula is C14H15N3S. The summed E-state index contributed by atoms with van der Waals surface area (Å²) >= 11 is 1.68. The minimum absolute atomic E-state index is 0.248. The van der Waals surface area contributed by atoms with E-state index in [0.717, 1.165) is 23.5 Å². The molecule has 0 aliphatic heterocycles. The van der Waals surface area contributed by atoms with Crippen LogP contribution in [-0.2, 0) is 6.42 Å². The summed E-state index contributed by atoms with van der Waals surface area (Å²) in [4.78, 5) is 4.25. The van der Waals surface area contributed by atoms with Crippen LogP contribution in [0, 0.1) is 11.3 Å². The molecule has 92 valence electrons. The van der Waals surface area contributed by atoms with Crippen LogP contribution in [0.5, 0.6) is 0 Å². The van der Waals surface area contributed by atoms with Gasteiger partial charge in [0.05, 0.1) is 16.6 Å². The molecule has 1 N–H and O–H groups in total. The normalized spacial score (nSPS) is 12.0. The third-order valence-electron chi connectivity index (χ3n) is 2.79. The van der Waals surface area contributed by atoms with Crippen LogP contribution in [-0.4, -0.2) is 11.5 Å². The monoisotopic (exact) mass is 257 g/mol. The number of hydrogen-bond donors (Lipinski definition) is 1. The van der Waals surface area contributed by atoms with Crippen molar-refractivity contribution in [1.29, 1.82) is 5.26 Å².